The predicted molar refractivity (Wildman–Crippen MR) is 145 cm³/mol. The number of rotatable bonds is 8. The zero-order chi connectivity index (χ0) is 25.5. The molecule has 0 saturated carbocycles. The molecule has 1 fully saturated rings. The molecule has 4 rings (SSSR count). The number of benzene rings is 1. The van der Waals surface area contributed by atoms with Crippen molar-refractivity contribution in [3.63, 3.8) is 0 Å². The monoisotopic (exact) mass is 498 g/mol. The van der Waals surface area contributed by atoms with Gasteiger partial charge in [-0.1, -0.05) is 56.5 Å². The zero-order valence-electron chi connectivity index (χ0n) is 20.6. The van der Waals surface area contributed by atoms with Crippen LogP contribution in [-0.4, -0.2) is 36.3 Å². The number of unbranched alkanes of at least 4 members (excludes halogenated alkanes) is 3. The summed E-state index contributed by atoms with van der Waals surface area (Å²) < 4.78 is 0. The lowest BCUT2D eigenvalue weighted by Gasteiger charge is -2.28. The van der Waals surface area contributed by atoms with Crippen molar-refractivity contribution in [1.29, 1.82) is 5.26 Å². The Morgan fingerprint density at radius 3 is 2.50 bits per heavy atom. The molecule has 6 nitrogen and oxygen atoms in total. The van der Waals surface area contributed by atoms with Crippen molar-refractivity contribution in [2.24, 2.45) is 0 Å². The van der Waals surface area contributed by atoms with Crippen molar-refractivity contribution >= 4 is 39.9 Å². The fourth-order valence-corrected chi connectivity index (χ4v) is 5.99. The predicted octanol–water partition coefficient (Wildman–Crippen LogP) is 6.74. The van der Waals surface area contributed by atoms with Gasteiger partial charge in [0.15, 0.2) is 0 Å². The van der Waals surface area contributed by atoms with E-state index in [1.807, 2.05) is 36.4 Å². The van der Waals surface area contributed by atoms with E-state index in [9.17, 15) is 14.9 Å². The number of hydrogen-bond acceptors (Lipinski definition) is 5. The lowest BCUT2D eigenvalue weighted by Crippen LogP contribution is -2.41. The van der Waals surface area contributed by atoms with Crippen LogP contribution in [0.3, 0.4) is 0 Å². The summed E-state index contributed by atoms with van der Waals surface area (Å²) in [6, 6.07) is 11.7. The molecule has 3 heterocycles. The number of nitriles is 1. The van der Waals surface area contributed by atoms with Crippen molar-refractivity contribution in [3.8, 4) is 17.2 Å². The highest BCUT2D eigenvalue weighted by molar-refractivity contribution is 7.18. The van der Waals surface area contributed by atoms with Crippen LogP contribution in [0.1, 0.15) is 56.7 Å². The number of piperidine rings is 1. The minimum absolute atomic E-state index is 0.0317. The topological polar surface area (TPSA) is 68.8 Å². The van der Waals surface area contributed by atoms with Crippen LogP contribution in [-0.2, 0) is 9.59 Å². The van der Waals surface area contributed by atoms with Crippen LogP contribution in [0.4, 0.5) is 10.7 Å². The highest BCUT2D eigenvalue weighted by Crippen LogP contribution is 2.49. The Bertz CT molecular complexity index is 1270. The van der Waals surface area contributed by atoms with Gasteiger partial charge in [-0.05, 0) is 43.4 Å². The van der Waals surface area contributed by atoms with Crippen molar-refractivity contribution in [2.45, 2.75) is 51.9 Å². The average Bonchev–Trinajstić information content (AvgIpc) is 3.29. The maximum atomic E-state index is 13.4. The summed E-state index contributed by atoms with van der Waals surface area (Å²) >= 11 is 1.51. The van der Waals surface area contributed by atoms with Crippen LogP contribution in [0.5, 0.6) is 0 Å². The molecule has 184 valence electrons. The lowest BCUT2D eigenvalue weighted by molar-refractivity contribution is -0.140. The van der Waals surface area contributed by atoms with Gasteiger partial charge in [0.05, 0.1) is 11.6 Å². The number of nitrogens with zero attached hydrogens (tertiary/aromatic N) is 4. The molecule has 1 saturated heterocycles. The number of hydrogen-bond donors (Lipinski definition) is 0. The van der Waals surface area contributed by atoms with Gasteiger partial charge in [0, 0.05) is 35.6 Å². The minimum atomic E-state index is -0.526. The van der Waals surface area contributed by atoms with Crippen LogP contribution in [0, 0.1) is 17.9 Å². The second-order valence-electron chi connectivity index (χ2n) is 9.11. The number of thiophene rings is 1. The summed E-state index contributed by atoms with van der Waals surface area (Å²) in [4.78, 5) is 34.4. The van der Waals surface area contributed by atoms with Gasteiger partial charge < -0.3 is 4.90 Å². The maximum Gasteiger partial charge on any atom is 0.271 e. The van der Waals surface area contributed by atoms with E-state index >= 15 is 0 Å². The first-order valence-corrected chi connectivity index (χ1v) is 13.4. The number of amides is 2. The van der Waals surface area contributed by atoms with Crippen molar-refractivity contribution < 1.29 is 9.59 Å². The molecule has 0 unspecified atom stereocenters. The van der Waals surface area contributed by atoms with Crippen LogP contribution >= 0.6 is 11.3 Å². The highest BCUT2D eigenvalue weighted by atomic mass is 32.1. The molecule has 0 N–H and O–H groups in total. The van der Waals surface area contributed by atoms with E-state index in [0.717, 1.165) is 66.2 Å². The van der Waals surface area contributed by atoms with Gasteiger partial charge in [-0.15, -0.1) is 11.3 Å². The Labute approximate surface area is 217 Å². The van der Waals surface area contributed by atoms with Gasteiger partial charge in [-0.25, -0.2) is 4.85 Å². The average molecular weight is 499 g/mol. The molecule has 36 heavy (non-hydrogen) atoms. The Morgan fingerprint density at radius 1 is 1.08 bits per heavy atom. The fourth-order valence-electron chi connectivity index (χ4n) is 4.72. The summed E-state index contributed by atoms with van der Waals surface area (Å²) in [5, 5.41) is 10.5. The van der Waals surface area contributed by atoms with Gasteiger partial charge in [-0.2, -0.15) is 5.26 Å². The Morgan fingerprint density at radius 2 is 1.83 bits per heavy atom. The molecule has 2 aliphatic heterocycles. The Balaban J connectivity index is 1.80. The summed E-state index contributed by atoms with van der Waals surface area (Å²) in [5.41, 5.74) is 2.59. The fraction of sp³-hybridized carbons (Fsp3) is 0.379. The molecule has 2 aliphatic rings. The quantitative estimate of drug-likeness (QED) is 0.175. The van der Waals surface area contributed by atoms with Crippen molar-refractivity contribution in [3.05, 3.63) is 63.8 Å². The van der Waals surface area contributed by atoms with E-state index in [4.69, 9.17) is 6.57 Å². The SMILES string of the molecule is [C-]#[N+]c1c(N2CCCCC2)sc(C=C2C=C(C#N)C(=O)N(CCCCCC)C2=O)c1-c1ccccc1. The highest BCUT2D eigenvalue weighted by Gasteiger charge is 2.32. The molecule has 2 aromatic rings. The number of carbonyl (C=O) groups is 2. The number of anilines is 1. The third-order valence-corrected chi connectivity index (χ3v) is 7.81. The van der Waals surface area contributed by atoms with Gasteiger partial charge in [-0.3, -0.25) is 14.5 Å². The van der Waals surface area contributed by atoms with Crippen molar-refractivity contribution in [1.82, 2.24) is 4.90 Å². The molecular weight excluding hydrogens is 468 g/mol. The zero-order valence-corrected chi connectivity index (χ0v) is 21.4. The van der Waals surface area contributed by atoms with Gasteiger partial charge in [0.1, 0.15) is 11.6 Å². The van der Waals surface area contributed by atoms with Crippen LogP contribution < -0.4 is 4.90 Å². The Kier molecular flexibility index (Phi) is 8.36. The maximum absolute atomic E-state index is 13.4. The van der Waals surface area contributed by atoms with E-state index < -0.39 is 5.91 Å². The molecule has 1 aromatic heterocycles. The van der Waals surface area contributed by atoms with Gasteiger partial charge in [0.2, 0.25) is 5.69 Å². The molecule has 1 aromatic carbocycles. The summed E-state index contributed by atoms with van der Waals surface area (Å²) in [6.07, 6.45) is 10.3. The van der Waals surface area contributed by atoms with E-state index in [-0.39, 0.29) is 11.5 Å². The second kappa shape index (κ2) is 11.8. The molecule has 0 bridgehead atoms. The van der Waals surface area contributed by atoms with E-state index in [1.54, 1.807) is 6.08 Å². The smallest absolute Gasteiger partial charge is 0.271 e. The largest absolute Gasteiger partial charge is 0.372 e. The lowest BCUT2D eigenvalue weighted by atomic mass is 10.00. The first-order chi connectivity index (χ1) is 17.6. The number of carbonyl (C=O) groups excluding carboxylic acids is 2. The van der Waals surface area contributed by atoms with Crippen LogP contribution in [0.15, 0.2) is 47.6 Å². The normalized spacial score (nSPS) is 17.2. The molecule has 0 spiro atoms. The van der Waals surface area contributed by atoms with Crippen LogP contribution in [0.2, 0.25) is 0 Å². The minimum Gasteiger partial charge on any atom is -0.372 e. The van der Waals surface area contributed by atoms with E-state index in [0.29, 0.717) is 24.2 Å². The summed E-state index contributed by atoms with van der Waals surface area (Å²) in [7, 11) is 0. The van der Waals surface area contributed by atoms with E-state index in [1.165, 1.54) is 28.7 Å². The molecule has 0 radical (unpaired) electrons. The first-order valence-electron chi connectivity index (χ1n) is 12.6. The number of imide groups is 1. The molecule has 7 heteroatoms. The third kappa shape index (κ3) is 5.27. The molecule has 0 aliphatic carbocycles. The summed E-state index contributed by atoms with van der Waals surface area (Å²) in [5.74, 6) is -0.909. The molecular formula is C29H30N4O2S. The Hall–Kier alpha value is -3.68. The van der Waals surface area contributed by atoms with Crippen LogP contribution in [0.25, 0.3) is 22.0 Å². The first kappa shape index (κ1) is 25.4. The third-order valence-electron chi connectivity index (χ3n) is 6.62. The summed E-state index contributed by atoms with van der Waals surface area (Å²) in [6.45, 7) is 12.2. The standard InChI is InChI=1S/C29H30N4O2S/c1-3-4-5-12-17-33-27(34)22(18-23(20-30)28(33)35)19-24-25(21-13-8-6-9-14-21)26(31-2)29(36-24)32-15-10-7-11-16-32/h6,8-9,13-14,18-19H,3-5,7,10-12,15-17H2,1H3. The molecule has 2 amide bonds. The van der Waals surface area contributed by atoms with Gasteiger partial charge >= 0.3 is 0 Å². The van der Waals surface area contributed by atoms with E-state index in [2.05, 4.69) is 16.7 Å². The van der Waals surface area contributed by atoms with Gasteiger partial charge in [0.25, 0.3) is 11.8 Å². The van der Waals surface area contributed by atoms with Crippen molar-refractivity contribution in [2.75, 3.05) is 24.5 Å². The second-order valence-corrected chi connectivity index (χ2v) is 10.1. The molecule has 0 atom stereocenters.